The number of rotatable bonds is 7. The van der Waals surface area contributed by atoms with Crippen molar-refractivity contribution in [3.63, 3.8) is 0 Å². The van der Waals surface area contributed by atoms with Gasteiger partial charge in [-0.15, -0.1) is 0 Å². The van der Waals surface area contributed by atoms with Gasteiger partial charge in [0.1, 0.15) is 0 Å². The van der Waals surface area contributed by atoms with Crippen LogP contribution in [0.25, 0.3) is 0 Å². The minimum absolute atomic E-state index is 0. The fraction of sp³-hybridized carbons (Fsp3) is 1.00. The van der Waals surface area contributed by atoms with E-state index in [-0.39, 0.29) is 6.15 Å². The van der Waals surface area contributed by atoms with Crippen molar-refractivity contribution in [1.29, 1.82) is 0 Å². The smallest absolute Gasteiger partial charge is 0.344 e. The average Bonchev–Trinajstić information content (AvgIpc) is 2.44. The van der Waals surface area contributed by atoms with Crippen molar-refractivity contribution in [2.24, 2.45) is 0 Å². The second-order valence-electron chi connectivity index (χ2n) is 4.71. The van der Waals surface area contributed by atoms with Gasteiger partial charge in [0, 0.05) is 0 Å². The molecule has 178 valence electrons. The Morgan fingerprint density at radius 1 is 0.448 bits per heavy atom. The highest BCUT2D eigenvalue weighted by Gasteiger charge is 2.95. The Balaban J connectivity index is 0. The molecule has 0 radical (unpaired) electrons. The van der Waals surface area contributed by atoms with Crippen LogP contribution in [0.4, 0.5) is 74.6 Å². The van der Waals surface area contributed by atoms with Crippen molar-refractivity contribution >= 4 is 11.1 Å². The van der Waals surface area contributed by atoms with E-state index in [2.05, 4.69) is 0 Å². The average molecular weight is 501 g/mol. The maximum Gasteiger partial charge on any atom is 0.460 e. The van der Waals surface area contributed by atoms with Crippen LogP contribution in [-0.4, -0.2) is 55.7 Å². The van der Waals surface area contributed by atoms with E-state index < -0.39 is 58.0 Å². The van der Waals surface area contributed by atoms with E-state index in [1.54, 1.807) is 0 Å². The van der Waals surface area contributed by atoms with E-state index in [0.29, 0.717) is 0 Å². The zero-order valence-corrected chi connectivity index (χ0v) is 13.2. The highest BCUT2D eigenvalue weighted by molar-refractivity contribution is 7.80. The van der Waals surface area contributed by atoms with Crippen molar-refractivity contribution in [1.82, 2.24) is 6.15 Å². The molecule has 4 N–H and O–H groups in total. The highest BCUT2D eigenvalue weighted by Crippen LogP contribution is 2.64. The number of hydrogen-bond acceptors (Lipinski definition) is 2. The second-order valence-corrected chi connectivity index (χ2v) is 5.72. The first-order valence-corrected chi connectivity index (χ1v) is 6.62. The molecular formula is C8H4F17NO2S. The van der Waals surface area contributed by atoms with E-state index in [0.717, 1.165) is 0 Å². The highest BCUT2D eigenvalue weighted by atomic mass is 32.2. The molecule has 0 heterocycles. The zero-order valence-electron chi connectivity index (χ0n) is 12.4. The van der Waals surface area contributed by atoms with Gasteiger partial charge in [-0.05, 0) is 0 Å². The molecule has 0 bridgehead atoms. The summed E-state index contributed by atoms with van der Waals surface area (Å²) in [6.07, 6.45) is -7.83. The van der Waals surface area contributed by atoms with Crippen LogP contribution in [0.1, 0.15) is 0 Å². The Morgan fingerprint density at radius 2 is 0.655 bits per heavy atom. The lowest BCUT2D eigenvalue weighted by Gasteiger charge is -2.42. The molecular weight excluding hydrogens is 497 g/mol. The first kappa shape index (κ1) is 30.1. The molecule has 1 atom stereocenters. The van der Waals surface area contributed by atoms with Gasteiger partial charge in [-0.3, -0.25) is 0 Å². The third kappa shape index (κ3) is 3.61. The summed E-state index contributed by atoms with van der Waals surface area (Å²) in [4.78, 5) is 0. The van der Waals surface area contributed by atoms with Crippen LogP contribution in [0.15, 0.2) is 0 Å². The third-order valence-electron chi connectivity index (χ3n) is 2.91. The van der Waals surface area contributed by atoms with Gasteiger partial charge < -0.3 is 10.7 Å². The Hall–Kier alpha value is -1.12. The summed E-state index contributed by atoms with van der Waals surface area (Å²) < 4.78 is 232. The quantitative estimate of drug-likeness (QED) is 0.366. The molecule has 0 fully saturated rings. The Labute approximate surface area is 149 Å². The summed E-state index contributed by atoms with van der Waals surface area (Å²) in [5.74, 6) is -51.0. The van der Waals surface area contributed by atoms with Crippen molar-refractivity contribution < 1.29 is 83.4 Å². The van der Waals surface area contributed by atoms with E-state index in [4.69, 9.17) is 4.55 Å². The Morgan fingerprint density at radius 3 is 0.862 bits per heavy atom. The number of alkyl halides is 17. The molecule has 0 amide bonds. The van der Waals surface area contributed by atoms with E-state index >= 15 is 0 Å². The minimum atomic E-state index is -8.75. The summed E-state index contributed by atoms with van der Waals surface area (Å²) in [5, 5.41) is -7.28. The lowest BCUT2D eigenvalue weighted by molar-refractivity contribution is -0.458. The van der Waals surface area contributed by atoms with E-state index in [9.17, 15) is 78.8 Å². The summed E-state index contributed by atoms with van der Waals surface area (Å²) in [5.41, 5.74) is 0. The zero-order chi connectivity index (χ0) is 23.6. The standard InChI is InChI=1S/C8HF17O2S.H3N/c9-1(10,3(13,14)5(17,18)7(21,22)23)2(11,12)4(15,16)6(19,20)8(24,25)28(26)27;/h(H,26,27);1H3. The third-order valence-corrected chi connectivity index (χ3v) is 3.61. The predicted molar refractivity (Wildman–Crippen MR) is 56.5 cm³/mol. The fourth-order valence-electron chi connectivity index (χ4n) is 1.26. The minimum Gasteiger partial charge on any atom is -0.344 e. The van der Waals surface area contributed by atoms with Crippen molar-refractivity contribution in [2.75, 3.05) is 0 Å². The van der Waals surface area contributed by atoms with Crippen LogP contribution in [0.5, 0.6) is 0 Å². The predicted octanol–water partition coefficient (Wildman–Crippen LogP) is 5.34. The summed E-state index contributed by atoms with van der Waals surface area (Å²) >= 11 is -5.56. The van der Waals surface area contributed by atoms with Gasteiger partial charge in [-0.25, -0.2) is 4.21 Å². The van der Waals surface area contributed by atoms with Crippen molar-refractivity contribution in [3.05, 3.63) is 0 Å². The van der Waals surface area contributed by atoms with Gasteiger partial charge in [0.15, 0.2) is 0 Å². The maximum atomic E-state index is 13.0. The van der Waals surface area contributed by atoms with Crippen molar-refractivity contribution in [3.8, 4) is 0 Å². The largest absolute Gasteiger partial charge is 0.460 e. The van der Waals surface area contributed by atoms with Crippen LogP contribution in [0.3, 0.4) is 0 Å². The van der Waals surface area contributed by atoms with E-state index in [1.165, 1.54) is 0 Å². The van der Waals surface area contributed by atoms with Crippen LogP contribution in [-0.2, 0) is 11.1 Å². The molecule has 3 nitrogen and oxygen atoms in total. The van der Waals surface area contributed by atoms with Crippen LogP contribution < -0.4 is 6.15 Å². The lowest BCUT2D eigenvalue weighted by Crippen LogP contribution is -2.74. The molecule has 0 aromatic carbocycles. The van der Waals surface area contributed by atoms with Crippen LogP contribution >= 0.6 is 0 Å². The molecule has 1 unspecified atom stereocenters. The molecule has 0 aliphatic carbocycles. The molecule has 0 aromatic heterocycles. The SMILES string of the molecule is N.O=S(O)C(F)(F)C(F)(F)C(F)(F)C(F)(F)C(F)(F)C(F)(F)C(F)(F)C(F)(F)F. The number of hydrogen-bond donors (Lipinski definition) is 2. The van der Waals surface area contributed by atoms with Gasteiger partial charge in [-0.2, -0.15) is 74.6 Å². The molecule has 0 saturated carbocycles. The normalized spacial score (nSPS) is 17.0. The molecule has 29 heavy (non-hydrogen) atoms. The lowest BCUT2D eigenvalue weighted by atomic mass is 9.91. The van der Waals surface area contributed by atoms with Gasteiger partial charge in [0.25, 0.3) is 0 Å². The van der Waals surface area contributed by atoms with Gasteiger partial charge in [0.05, 0.1) is 0 Å². The molecule has 0 aromatic rings. The molecule has 0 aliphatic heterocycles. The summed E-state index contributed by atoms with van der Waals surface area (Å²) in [6.45, 7) is 0. The fourth-order valence-corrected chi connectivity index (χ4v) is 1.61. The van der Waals surface area contributed by atoms with E-state index in [1.807, 2.05) is 0 Å². The molecule has 0 rings (SSSR count). The van der Waals surface area contributed by atoms with Gasteiger partial charge in [0.2, 0.25) is 11.1 Å². The van der Waals surface area contributed by atoms with Crippen LogP contribution in [0, 0.1) is 0 Å². The first-order valence-electron chi connectivity index (χ1n) is 5.52. The number of halogens is 17. The molecule has 0 spiro atoms. The van der Waals surface area contributed by atoms with Gasteiger partial charge in [-0.1, -0.05) is 0 Å². The molecule has 0 saturated heterocycles. The Kier molecular flexibility index (Phi) is 7.50. The summed E-state index contributed by atoms with van der Waals surface area (Å²) in [6, 6.07) is 0. The monoisotopic (exact) mass is 501 g/mol. The maximum absolute atomic E-state index is 13.0. The molecule has 0 aliphatic rings. The Bertz CT molecular complexity index is 625. The molecule has 21 heteroatoms. The van der Waals surface area contributed by atoms with Gasteiger partial charge >= 0.3 is 47.0 Å². The topological polar surface area (TPSA) is 72.3 Å². The van der Waals surface area contributed by atoms with Crippen molar-refractivity contribution in [2.45, 2.75) is 47.0 Å². The second kappa shape index (κ2) is 7.24. The van der Waals surface area contributed by atoms with Crippen LogP contribution in [0.2, 0.25) is 0 Å². The first-order chi connectivity index (χ1) is 11.7. The summed E-state index contributed by atoms with van der Waals surface area (Å²) in [7, 11) is 0.